The Bertz CT molecular complexity index is 452. The fraction of sp³-hybridized carbons (Fsp3) is 0.500. The Morgan fingerprint density at radius 2 is 2.18 bits per heavy atom. The monoisotopic (exact) mass is 233 g/mol. The quantitative estimate of drug-likeness (QED) is 0.630. The molecular weight excluding hydrogens is 214 g/mol. The molecule has 0 heterocycles. The van der Waals surface area contributed by atoms with Gasteiger partial charge < -0.3 is 10.5 Å². The second-order valence-electron chi connectivity index (χ2n) is 5.22. The van der Waals surface area contributed by atoms with Crippen molar-refractivity contribution >= 4 is 11.7 Å². The lowest BCUT2D eigenvalue weighted by Gasteiger charge is -2.29. The summed E-state index contributed by atoms with van der Waals surface area (Å²) < 4.78 is 4.90. The third-order valence-electron chi connectivity index (χ3n) is 3.89. The molecule has 0 spiro atoms. The van der Waals surface area contributed by atoms with E-state index in [-0.39, 0.29) is 11.9 Å². The van der Waals surface area contributed by atoms with Crippen LogP contribution in [-0.4, -0.2) is 13.1 Å². The Kier molecular flexibility index (Phi) is 2.86. The maximum atomic E-state index is 11.9. The molecule has 0 saturated carbocycles. The van der Waals surface area contributed by atoms with Crippen LogP contribution in [-0.2, 0) is 16.0 Å². The second kappa shape index (κ2) is 4.06. The van der Waals surface area contributed by atoms with Gasteiger partial charge in [0, 0.05) is 11.6 Å². The summed E-state index contributed by atoms with van der Waals surface area (Å²) in [4.78, 5) is 11.9. The van der Waals surface area contributed by atoms with E-state index in [0.717, 1.165) is 18.5 Å². The van der Waals surface area contributed by atoms with Gasteiger partial charge in [-0.15, -0.1) is 0 Å². The average molecular weight is 233 g/mol. The molecule has 3 heteroatoms. The summed E-state index contributed by atoms with van der Waals surface area (Å²) in [5.41, 5.74) is 8.73. The SMILES string of the molecule is COC(=O)C(C)(C)C1CCc2c(N)cccc21. The van der Waals surface area contributed by atoms with Gasteiger partial charge in [-0.1, -0.05) is 12.1 Å². The van der Waals surface area contributed by atoms with Crippen molar-refractivity contribution in [3.8, 4) is 0 Å². The summed E-state index contributed by atoms with van der Waals surface area (Å²) >= 11 is 0. The summed E-state index contributed by atoms with van der Waals surface area (Å²) in [6, 6.07) is 5.96. The van der Waals surface area contributed by atoms with Gasteiger partial charge in [0.2, 0.25) is 0 Å². The van der Waals surface area contributed by atoms with E-state index in [0.29, 0.717) is 0 Å². The Morgan fingerprint density at radius 3 is 2.82 bits per heavy atom. The van der Waals surface area contributed by atoms with E-state index >= 15 is 0 Å². The van der Waals surface area contributed by atoms with Crippen molar-refractivity contribution in [1.29, 1.82) is 0 Å². The van der Waals surface area contributed by atoms with Crippen molar-refractivity contribution in [1.82, 2.24) is 0 Å². The molecule has 3 nitrogen and oxygen atoms in total. The number of hydrogen-bond acceptors (Lipinski definition) is 3. The first kappa shape index (κ1) is 12.0. The van der Waals surface area contributed by atoms with E-state index in [2.05, 4.69) is 6.07 Å². The van der Waals surface area contributed by atoms with Crippen LogP contribution in [0.3, 0.4) is 0 Å². The molecule has 17 heavy (non-hydrogen) atoms. The average Bonchev–Trinajstić information content (AvgIpc) is 2.73. The number of carbonyl (C=O) groups excluding carboxylic acids is 1. The summed E-state index contributed by atoms with van der Waals surface area (Å²) in [5, 5.41) is 0. The molecule has 1 aliphatic carbocycles. The van der Waals surface area contributed by atoms with E-state index in [1.165, 1.54) is 18.2 Å². The lowest BCUT2D eigenvalue weighted by molar-refractivity contribution is -0.152. The number of esters is 1. The Morgan fingerprint density at radius 1 is 1.47 bits per heavy atom. The Hall–Kier alpha value is -1.51. The molecule has 92 valence electrons. The highest BCUT2D eigenvalue weighted by molar-refractivity contribution is 5.78. The van der Waals surface area contributed by atoms with Crippen molar-refractivity contribution in [2.75, 3.05) is 12.8 Å². The van der Waals surface area contributed by atoms with Crippen LogP contribution >= 0.6 is 0 Å². The Labute approximate surface area is 102 Å². The van der Waals surface area contributed by atoms with E-state index in [1.807, 2.05) is 26.0 Å². The molecule has 0 aromatic heterocycles. The predicted octanol–water partition coefficient (Wildman–Crippen LogP) is 2.50. The Balaban J connectivity index is 2.40. The first-order valence-corrected chi connectivity index (χ1v) is 5.94. The third-order valence-corrected chi connectivity index (χ3v) is 3.89. The van der Waals surface area contributed by atoms with Gasteiger partial charge in [0.15, 0.2) is 0 Å². The molecule has 1 aromatic carbocycles. The number of benzene rings is 1. The highest BCUT2D eigenvalue weighted by Crippen LogP contribution is 2.47. The molecule has 0 bridgehead atoms. The third kappa shape index (κ3) is 1.79. The number of fused-ring (bicyclic) bond motifs is 1. The number of carbonyl (C=O) groups is 1. The molecule has 0 fully saturated rings. The van der Waals surface area contributed by atoms with Gasteiger partial charge in [-0.25, -0.2) is 0 Å². The predicted molar refractivity (Wildman–Crippen MR) is 67.7 cm³/mol. The van der Waals surface area contributed by atoms with Gasteiger partial charge in [-0.3, -0.25) is 4.79 Å². The van der Waals surface area contributed by atoms with Crippen LogP contribution in [0, 0.1) is 5.41 Å². The molecule has 0 radical (unpaired) electrons. The lowest BCUT2D eigenvalue weighted by atomic mass is 9.75. The first-order chi connectivity index (χ1) is 7.98. The highest BCUT2D eigenvalue weighted by atomic mass is 16.5. The van der Waals surface area contributed by atoms with Crippen molar-refractivity contribution in [2.45, 2.75) is 32.6 Å². The van der Waals surface area contributed by atoms with Gasteiger partial charge in [0.1, 0.15) is 0 Å². The van der Waals surface area contributed by atoms with Crippen LogP contribution in [0.25, 0.3) is 0 Å². The van der Waals surface area contributed by atoms with Crippen LogP contribution in [0.15, 0.2) is 18.2 Å². The van der Waals surface area contributed by atoms with Gasteiger partial charge in [0.05, 0.1) is 12.5 Å². The maximum Gasteiger partial charge on any atom is 0.311 e. The maximum absolute atomic E-state index is 11.9. The van der Waals surface area contributed by atoms with Crippen molar-refractivity contribution in [3.63, 3.8) is 0 Å². The van der Waals surface area contributed by atoms with Crippen molar-refractivity contribution in [2.24, 2.45) is 5.41 Å². The molecule has 1 aliphatic rings. The molecule has 0 aliphatic heterocycles. The van der Waals surface area contributed by atoms with Crippen molar-refractivity contribution in [3.05, 3.63) is 29.3 Å². The minimum absolute atomic E-state index is 0.155. The number of anilines is 1. The molecule has 0 saturated heterocycles. The minimum Gasteiger partial charge on any atom is -0.469 e. The standard InChI is InChI=1S/C14H19NO2/c1-14(2,13(16)17-3)11-8-7-10-9(11)5-4-6-12(10)15/h4-6,11H,7-8,15H2,1-3H3. The smallest absolute Gasteiger partial charge is 0.311 e. The summed E-state index contributed by atoms with van der Waals surface area (Å²) in [6.45, 7) is 3.89. The number of hydrogen-bond donors (Lipinski definition) is 1. The summed E-state index contributed by atoms with van der Waals surface area (Å²) in [5.74, 6) is 0.0474. The molecule has 0 amide bonds. The largest absolute Gasteiger partial charge is 0.469 e. The summed E-state index contributed by atoms with van der Waals surface area (Å²) in [7, 11) is 1.44. The molecule has 1 unspecified atom stereocenters. The first-order valence-electron chi connectivity index (χ1n) is 5.94. The highest BCUT2D eigenvalue weighted by Gasteiger charge is 2.42. The topological polar surface area (TPSA) is 52.3 Å². The zero-order chi connectivity index (χ0) is 12.6. The molecule has 2 rings (SSSR count). The van der Waals surface area contributed by atoms with E-state index in [4.69, 9.17) is 10.5 Å². The van der Waals surface area contributed by atoms with Crippen LogP contribution in [0.5, 0.6) is 0 Å². The number of rotatable bonds is 2. The number of ether oxygens (including phenoxy) is 1. The molecule has 1 atom stereocenters. The van der Waals surface area contributed by atoms with Crippen LogP contribution in [0.1, 0.15) is 37.3 Å². The summed E-state index contributed by atoms with van der Waals surface area (Å²) in [6.07, 6.45) is 1.92. The number of nitrogen functional groups attached to an aromatic ring is 1. The van der Waals surface area contributed by atoms with Crippen molar-refractivity contribution < 1.29 is 9.53 Å². The van der Waals surface area contributed by atoms with E-state index < -0.39 is 5.41 Å². The van der Waals surface area contributed by atoms with Crippen LogP contribution in [0.4, 0.5) is 5.69 Å². The fourth-order valence-corrected chi connectivity index (χ4v) is 2.84. The molecule has 2 N–H and O–H groups in total. The van der Waals surface area contributed by atoms with Crippen LogP contribution in [0.2, 0.25) is 0 Å². The zero-order valence-electron chi connectivity index (χ0n) is 10.6. The zero-order valence-corrected chi connectivity index (χ0v) is 10.6. The van der Waals surface area contributed by atoms with E-state index in [1.54, 1.807) is 0 Å². The van der Waals surface area contributed by atoms with Crippen LogP contribution < -0.4 is 5.73 Å². The minimum atomic E-state index is -0.492. The van der Waals surface area contributed by atoms with Gasteiger partial charge >= 0.3 is 5.97 Å². The molecule has 1 aromatic rings. The number of methoxy groups -OCH3 is 1. The van der Waals surface area contributed by atoms with Gasteiger partial charge in [-0.2, -0.15) is 0 Å². The second-order valence-corrected chi connectivity index (χ2v) is 5.22. The van der Waals surface area contributed by atoms with E-state index in [9.17, 15) is 4.79 Å². The normalized spacial score (nSPS) is 18.9. The lowest BCUT2D eigenvalue weighted by Crippen LogP contribution is -2.31. The molecular formula is C14H19NO2. The fourth-order valence-electron chi connectivity index (χ4n) is 2.84. The van der Waals surface area contributed by atoms with Gasteiger partial charge in [0.25, 0.3) is 0 Å². The van der Waals surface area contributed by atoms with Gasteiger partial charge in [-0.05, 0) is 43.9 Å². The number of nitrogens with two attached hydrogens (primary N) is 1.